The van der Waals surface area contributed by atoms with Crippen LogP contribution in [0.15, 0.2) is 28.0 Å². The predicted octanol–water partition coefficient (Wildman–Crippen LogP) is 1.97. The third-order valence-electron chi connectivity index (χ3n) is 2.91. The molecule has 7 heteroatoms. The smallest absolute Gasteiger partial charge is 0.313 e. The number of rotatable bonds is 6. The van der Waals surface area contributed by atoms with Gasteiger partial charge in [0.15, 0.2) is 5.16 Å². The van der Waals surface area contributed by atoms with Gasteiger partial charge in [0.05, 0.1) is 18.6 Å². The maximum atomic E-state index is 10.7. The van der Waals surface area contributed by atoms with Gasteiger partial charge >= 0.3 is 5.97 Å². The topological polar surface area (TPSA) is 81.1 Å². The van der Waals surface area contributed by atoms with Crippen molar-refractivity contribution in [3.8, 4) is 0 Å². The van der Waals surface area contributed by atoms with E-state index in [0.717, 1.165) is 24.4 Å². The molecule has 6 nitrogen and oxygen atoms in total. The van der Waals surface area contributed by atoms with Crippen LogP contribution in [0.3, 0.4) is 0 Å². The maximum absolute atomic E-state index is 10.7. The first kappa shape index (κ1) is 12.3. The Labute approximate surface area is 113 Å². The molecule has 1 aliphatic carbocycles. The van der Waals surface area contributed by atoms with Crippen molar-refractivity contribution in [3.05, 3.63) is 30.0 Å². The standard InChI is InChI=1S/C12H13N3O3S/c16-10(17)7-19-12-14-13-11(8-3-4-8)15(12)6-9-2-1-5-18-9/h1-2,5,8H,3-4,6-7H2,(H,16,17). The number of furan rings is 1. The van der Waals surface area contributed by atoms with Crippen LogP contribution >= 0.6 is 11.8 Å². The van der Waals surface area contributed by atoms with Crippen LogP contribution in [0.1, 0.15) is 30.3 Å². The monoisotopic (exact) mass is 279 g/mol. The fraction of sp³-hybridized carbons (Fsp3) is 0.417. The van der Waals surface area contributed by atoms with Crippen molar-refractivity contribution < 1.29 is 14.3 Å². The first-order valence-electron chi connectivity index (χ1n) is 6.04. The summed E-state index contributed by atoms with van der Waals surface area (Å²) in [4.78, 5) is 10.7. The molecule has 3 rings (SSSR count). The van der Waals surface area contributed by atoms with Crippen LogP contribution in [0.2, 0.25) is 0 Å². The van der Waals surface area contributed by atoms with Crippen LogP contribution in [-0.4, -0.2) is 31.6 Å². The van der Waals surface area contributed by atoms with Gasteiger partial charge in [0.25, 0.3) is 0 Å². The van der Waals surface area contributed by atoms with E-state index in [0.29, 0.717) is 17.6 Å². The Kier molecular flexibility index (Phi) is 3.29. The zero-order valence-corrected chi connectivity index (χ0v) is 11.0. The van der Waals surface area contributed by atoms with Crippen molar-refractivity contribution in [3.63, 3.8) is 0 Å². The fourth-order valence-corrected chi connectivity index (χ4v) is 2.55. The van der Waals surface area contributed by atoms with Crippen LogP contribution < -0.4 is 0 Å². The Morgan fingerprint density at radius 3 is 3.00 bits per heavy atom. The van der Waals surface area contributed by atoms with Crippen molar-refractivity contribution in [2.45, 2.75) is 30.5 Å². The van der Waals surface area contributed by atoms with Gasteiger partial charge in [-0.3, -0.25) is 9.36 Å². The molecule has 0 bridgehead atoms. The molecule has 0 saturated heterocycles. The summed E-state index contributed by atoms with van der Waals surface area (Å²) in [5.41, 5.74) is 0. The third-order valence-corrected chi connectivity index (χ3v) is 3.86. The van der Waals surface area contributed by atoms with Gasteiger partial charge < -0.3 is 9.52 Å². The lowest BCUT2D eigenvalue weighted by Crippen LogP contribution is -2.07. The van der Waals surface area contributed by atoms with Gasteiger partial charge in [-0.1, -0.05) is 11.8 Å². The molecule has 0 unspecified atom stereocenters. The number of carbonyl (C=O) groups is 1. The van der Waals surface area contributed by atoms with E-state index < -0.39 is 5.97 Å². The largest absolute Gasteiger partial charge is 0.481 e. The lowest BCUT2D eigenvalue weighted by Gasteiger charge is -2.07. The summed E-state index contributed by atoms with van der Waals surface area (Å²) in [6, 6.07) is 3.73. The van der Waals surface area contributed by atoms with Crippen molar-refractivity contribution in [1.29, 1.82) is 0 Å². The summed E-state index contributed by atoms with van der Waals surface area (Å²) in [5.74, 6) is 1.34. The van der Waals surface area contributed by atoms with Crippen molar-refractivity contribution in [1.82, 2.24) is 14.8 Å². The molecule has 1 aliphatic rings. The Morgan fingerprint density at radius 2 is 2.37 bits per heavy atom. The number of aliphatic carboxylic acids is 1. The number of aromatic nitrogens is 3. The van der Waals surface area contributed by atoms with E-state index in [4.69, 9.17) is 9.52 Å². The molecule has 0 radical (unpaired) electrons. The average molecular weight is 279 g/mol. The highest BCUT2D eigenvalue weighted by atomic mass is 32.2. The van der Waals surface area contributed by atoms with Crippen LogP contribution in [0.25, 0.3) is 0 Å². The number of hydrogen-bond acceptors (Lipinski definition) is 5. The molecule has 0 spiro atoms. The number of nitrogens with zero attached hydrogens (tertiary/aromatic N) is 3. The minimum atomic E-state index is -0.856. The van der Waals surface area contributed by atoms with Crippen molar-refractivity contribution in [2.75, 3.05) is 5.75 Å². The lowest BCUT2D eigenvalue weighted by atomic mass is 10.3. The SMILES string of the molecule is O=C(O)CSc1nnc(C2CC2)n1Cc1ccco1. The van der Waals surface area contributed by atoms with Crippen molar-refractivity contribution >= 4 is 17.7 Å². The second-order valence-corrected chi connectivity index (χ2v) is 5.41. The fourth-order valence-electron chi connectivity index (χ4n) is 1.88. The molecule has 2 heterocycles. The van der Waals surface area contributed by atoms with E-state index in [2.05, 4.69) is 10.2 Å². The summed E-state index contributed by atoms with van der Waals surface area (Å²) >= 11 is 1.19. The van der Waals surface area contributed by atoms with Crippen molar-refractivity contribution in [2.24, 2.45) is 0 Å². The highest BCUT2D eigenvalue weighted by Crippen LogP contribution is 2.40. The average Bonchev–Trinajstić information content (AvgIpc) is 2.95. The van der Waals surface area contributed by atoms with Crippen LogP contribution in [-0.2, 0) is 11.3 Å². The number of carboxylic acid groups (broad SMARTS) is 1. The van der Waals surface area contributed by atoms with Gasteiger partial charge in [-0.15, -0.1) is 10.2 Å². The predicted molar refractivity (Wildman–Crippen MR) is 68.2 cm³/mol. The molecule has 19 heavy (non-hydrogen) atoms. The summed E-state index contributed by atoms with van der Waals surface area (Å²) < 4.78 is 7.30. The second-order valence-electron chi connectivity index (χ2n) is 4.46. The first-order chi connectivity index (χ1) is 9.24. The molecule has 0 amide bonds. The number of hydrogen-bond donors (Lipinski definition) is 1. The molecule has 0 aliphatic heterocycles. The van der Waals surface area contributed by atoms with Gasteiger partial charge in [0.2, 0.25) is 0 Å². The second kappa shape index (κ2) is 5.08. The van der Waals surface area contributed by atoms with Crippen LogP contribution in [0, 0.1) is 0 Å². The molecule has 1 saturated carbocycles. The normalized spacial score (nSPS) is 14.7. The van der Waals surface area contributed by atoms with Gasteiger partial charge in [0.1, 0.15) is 11.6 Å². The summed E-state index contributed by atoms with van der Waals surface area (Å²) in [6.07, 6.45) is 3.88. The first-order valence-corrected chi connectivity index (χ1v) is 7.02. The zero-order valence-electron chi connectivity index (χ0n) is 10.2. The van der Waals surface area contributed by atoms with E-state index >= 15 is 0 Å². The zero-order chi connectivity index (χ0) is 13.2. The number of thioether (sulfide) groups is 1. The van der Waals surface area contributed by atoms with Gasteiger partial charge in [-0.05, 0) is 25.0 Å². The molecule has 0 aromatic carbocycles. The summed E-state index contributed by atoms with van der Waals surface area (Å²) in [5, 5.41) is 17.7. The van der Waals surface area contributed by atoms with E-state index in [9.17, 15) is 4.79 Å². The summed E-state index contributed by atoms with van der Waals surface area (Å²) in [7, 11) is 0. The minimum Gasteiger partial charge on any atom is -0.481 e. The highest BCUT2D eigenvalue weighted by Gasteiger charge is 2.30. The molecule has 2 aromatic heterocycles. The Bertz CT molecular complexity index is 575. The highest BCUT2D eigenvalue weighted by molar-refractivity contribution is 7.99. The van der Waals surface area contributed by atoms with E-state index in [1.165, 1.54) is 11.8 Å². The Hall–Kier alpha value is -1.76. The Balaban J connectivity index is 1.84. The molecule has 1 fully saturated rings. The summed E-state index contributed by atoms with van der Waals surface area (Å²) in [6.45, 7) is 0.549. The molecule has 0 atom stereocenters. The van der Waals surface area contributed by atoms with Gasteiger partial charge in [0, 0.05) is 5.92 Å². The lowest BCUT2D eigenvalue weighted by molar-refractivity contribution is -0.133. The molecule has 100 valence electrons. The van der Waals surface area contributed by atoms with Crippen LogP contribution in [0.5, 0.6) is 0 Å². The quantitative estimate of drug-likeness (QED) is 0.814. The Morgan fingerprint density at radius 1 is 1.53 bits per heavy atom. The molecule has 1 N–H and O–H groups in total. The number of carboxylic acids is 1. The molecular formula is C12H13N3O3S. The van der Waals surface area contributed by atoms with Gasteiger partial charge in [-0.25, -0.2) is 0 Å². The minimum absolute atomic E-state index is 0.0129. The molecule has 2 aromatic rings. The molecular weight excluding hydrogens is 266 g/mol. The van der Waals surface area contributed by atoms with E-state index in [1.807, 2.05) is 16.7 Å². The van der Waals surface area contributed by atoms with Crippen LogP contribution in [0.4, 0.5) is 0 Å². The maximum Gasteiger partial charge on any atom is 0.313 e. The van der Waals surface area contributed by atoms with E-state index in [1.54, 1.807) is 6.26 Å². The van der Waals surface area contributed by atoms with E-state index in [-0.39, 0.29) is 5.75 Å². The third kappa shape index (κ3) is 2.81. The van der Waals surface area contributed by atoms with Gasteiger partial charge in [-0.2, -0.15) is 0 Å².